The second kappa shape index (κ2) is 7.11. The van der Waals surface area contributed by atoms with Gasteiger partial charge in [-0.2, -0.15) is 11.8 Å². The first kappa shape index (κ1) is 13.8. The minimum absolute atomic E-state index is 0.0822. The highest BCUT2D eigenvalue weighted by molar-refractivity contribution is 7.98. The SMILES string of the molecule is CNc1ccc(C(=O)N(C)CCCSC)nn1. The van der Waals surface area contributed by atoms with Crippen LogP contribution in [0.2, 0.25) is 0 Å². The van der Waals surface area contributed by atoms with E-state index in [1.54, 1.807) is 42.9 Å². The van der Waals surface area contributed by atoms with Gasteiger partial charge in [-0.3, -0.25) is 4.79 Å². The van der Waals surface area contributed by atoms with Crippen molar-refractivity contribution in [3.63, 3.8) is 0 Å². The van der Waals surface area contributed by atoms with Crippen molar-refractivity contribution in [2.45, 2.75) is 6.42 Å². The molecule has 0 aromatic carbocycles. The fourth-order valence-electron chi connectivity index (χ4n) is 1.32. The maximum absolute atomic E-state index is 11.9. The van der Waals surface area contributed by atoms with E-state index < -0.39 is 0 Å². The van der Waals surface area contributed by atoms with Crippen LogP contribution >= 0.6 is 11.8 Å². The molecule has 1 amide bonds. The van der Waals surface area contributed by atoms with E-state index >= 15 is 0 Å². The Morgan fingerprint density at radius 2 is 2.24 bits per heavy atom. The Morgan fingerprint density at radius 3 is 2.76 bits per heavy atom. The van der Waals surface area contributed by atoms with Crippen LogP contribution in [0.5, 0.6) is 0 Å². The molecule has 17 heavy (non-hydrogen) atoms. The van der Waals surface area contributed by atoms with Crippen molar-refractivity contribution in [2.75, 3.05) is 38.0 Å². The zero-order valence-electron chi connectivity index (χ0n) is 10.4. The van der Waals surface area contributed by atoms with E-state index in [1.807, 2.05) is 0 Å². The van der Waals surface area contributed by atoms with E-state index in [0.717, 1.165) is 18.7 Å². The lowest BCUT2D eigenvalue weighted by molar-refractivity contribution is 0.0788. The lowest BCUT2D eigenvalue weighted by Crippen LogP contribution is -2.29. The summed E-state index contributed by atoms with van der Waals surface area (Å²) in [6, 6.07) is 3.43. The number of thioether (sulfide) groups is 1. The molecule has 0 bridgehead atoms. The van der Waals surface area contributed by atoms with Crippen molar-refractivity contribution in [3.8, 4) is 0 Å². The maximum Gasteiger partial charge on any atom is 0.274 e. The smallest absolute Gasteiger partial charge is 0.274 e. The molecule has 0 fully saturated rings. The van der Waals surface area contributed by atoms with E-state index in [9.17, 15) is 4.79 Å². The molecule has 0 spiro atoms. The molecule has 0 saturated heterocycles. The first-order valence-corrected chi connectivity index (χ1v) is 6.84. The molecule has 0 atom stereocenters. The van der Waals surface area contributed by atoms with Gasteiger partial charge in [-0.15, -0.1) is 10.2 Å². The molecule has 1 N–H and O–H groups in total. The topological polar surface area (TPSA) is 58.1 Å². The minimum atomic E-state index is -0.0822. The van der Waals surface area contributed by atoms with Crippen LogP contribution in [0.4, 0.5) is 5.82 Å². The fourth-order valence-corrected chi connectivity index (χ4v) is 1.74. The molecule has 0 aliphatic heterocycles. The zero-order valence-corrected chi connectivity index (χ0v) is 11.3. The predicted molar refractivity (Wildman–Crippen MR) is 71.5 cm³/mol. The van der Waals surface area contributed by atoms with Crippen molar-refractivity contribution in [1.29, 1.82) is 0 Å². The summed E-state index contributed by atoms with van der Waals surface area (Å²) in [6.07, 6.45) is 3.05. The summed E-state index contributed by atoms with van der Waals surface area (Å²) in [6.45, 7) is 0.745. The number of carbonyl (C=O) groups is 1. The summed E-state index contributed by atoms with van der Waals surface area (Å²) in [4.78, 5) is 13.6. The molecule has 0 saturated carbocycles. The van der Waals surface area contributed by atoms with E-state index in [2.05, 4.69) is 21.8 Å². The number of amides is 1. The standard InChI is InChI=1S/C11H18N4OS/c1-12-10-6-5-9(13-14-10)11(16)15(2)7-4-8-17-3/h5-6H,4,7-8H2,1-3H3,(H,12,14). The van der Waals surface area contributed by atoms with Crippen LogP contribution < -0.4 is 5.32 Å². The van der Waals surface area contributed by atoms with Crippen LogP contribution in [0, 0.1) is 0 Å². The van der Waals surface area contributed by atoms with E-state index in [4.69, 9.17) is 0 Å². The van der Waals surface area contributed by atoms with Crippen LogP contribution in [0.25, 0.3) is 0 Å². The Labute approximate surface area is 106 Å². The molecule has 1 aromatic rings. The molecule has 1 aromatic heterocycles. The minimum Gasteiger partial charge on any atom is -0.372 e. The van der Waals surface area contributed by atoms with Gasteiger partial charge in [0.25, 0.3) is 5.91 Å². The molecule has 0 aliphatic carbocycles. The lowest BCUT2D eigenvalue weighted by atomic mass is 10.3. The van der Waals surface area contributed by atoms with E-state index in [-0.39, 0.29) is 5.91 Å². The Kier molecular flexibility index (Phi) is 5.76. The lowest BCUT2D eigenvalue weighted by Gasteiger charge is -2.15. The third-order valence-corrected chi connectivity index (χ3v) is 3.03. The van der Waals surface area contributed by atoms with Gasteiger partial charge in [0.1, 0.15) is 5.82 Å². The third kappa shape index (κ3) is 4.22. The molecular weight excluding hydrogens is 236 g/mol. The van der Waals surface area contributed by atoms with Crippen molar-refractivity contribution < 1.29 is 4.79 Å². The molecule has 0 unspecified atom stereocenters. The van der Waals surface area contributed by atoms with Gasteiger partial charge in [-0.05, 0) is 30.6 Å². The quantitative estimate of drug-likeness (QED) is 0.776. The average molecular weight is 254 g/mol. The van der Waals surface area contributed by atoms with Gasteiger partial charge in [-0.1, -0.05) is 0 Å². The molecular formula is C11H18N4OS. The number of hydrogen-bond donors (Lipinski definition) is 1. The summed E-state index contributed by atoms with van der Waals surface area (Å²) in [5.41, 5.74) is 0.385. The van der Waals surface area contributed by atoms with Crippen molar-refractivity contribution in [3.05, 3.63) is 17.8 Å². The maximum atomic E-state index is 11.9. The van der Waals surface area contributed by atoms with Crippen molar-refractivity contribution in [1.82, 2.24) is 15.1 Å². The van der Waals surface area contributed by atoms with Gasteiger partial charge in [0.15, 0.2) is 5.69 Å². The molecule has 94 valence electrons. The largest absolute Gasteiger partial charge is 0.372 e. The van der Waals surface area contributed by atoms with E-state index in [1.165, 1.54) is 0 Å². The Hall–Kier alpha value is -1.30. The van der Waals surface area contributed by atoms with Crippen LogP contribution in [-0.2, 0) is 0 Å². The number of nitrogens with one attached hydrogen (secondary N) is 1. The number of hydrogen-bond acceptors (Lipinski definition) is 5. The van der Waals surface area contributed by atoms with Crippen molar-refractivity contribution in [2.24, 2.45) is 0 Å². The molecule has 1 heterocycles. The van der Waals surface area contributed by atoms with Crippen LogP contribution in [0.3, 0.4) is 0 Å². The predicted octanol–water partition coefficient (Wildman–Crippen LogP) is 1.34. The van der Waals surface area contributed by atoms with Gasteiger partial charge in [-0.25, -0.2) is 0 Å². The van der Waals surface area contributed by atoms with E-state index in [0.29, 0.717) is 11.5 Å². The Morgan fingerprint density at radius 1 is 1.47 bits per heavy atom. The van der Waals surface area contributed by atoms with Gasteiger partial charge in [0, 0.05) is 20.6 Å². The van der Waals surface area contributed by atoms with Gasteiger partial charge < -0.3 is 10.2 Å². The first-order valence-electron chi connectivity index (χ1n) is 5.45. The van der Waals surface area contributed by atoms with Gasteiger partial charge >= 0.3 is 0 Å². The average Bonchev–Trinajstić information content (AvgIpc) is 2.38. The molecule has 1 rings (SSSR count). The number of nitrogens with zero attached hydrogens (tertiary/aromatic N) is 3. The third-order valence-electron chi connectivity index (χ3n) is 2.33. The van der Waals surface area contributed by atoms with Crippen LogP contribution in [0.1, 0.15) is 16.9 Å². The highest BCUT2D eigenvalue weighted by Crippen LogP contribution is 2.04. The summed E-state index contributed by atoms with van der Waals surface area (Å²) in [7, 11) is 3.55. The summed E-state index contributed by atoms with van der Waals surface area (Å²) in [5.74, 6) is 1.63. The van der Waals surface area contributed by atoms with Crippen LogP contribution in [-0.4, -0.2) is 53.7 Å². The zero-order chi connectivity index (χ0) is 12.7. The molecule has 5 nitrogen and oxygen atoms in total. The number of aromatic nitrogens is 2. The highest BCUT2D eigenvalue weighted by Gasteiger charge is 2.12. The Balaban J connectivity index is 2.55. The molecule has 0 aliphatic rings. The normalized spacial score (nSPS) is 10.1. The number of carbonyl (C=O) groups excluding carboxylic acids is 1. The molecule has 6 heteroatoms. The summed E-state index contributed by atoms with van der Waals surface area (Å²) < 4.78 is 0. The second-order valence-electron chi connectivity index (χ2n) is 3.63. The Bertz CT molecular complexity index is 355. The number of anilines is 1. The fraction of sp³-hybridized carbons (Fsp3) is 0.545. The molecule has 0 radical (unpaired) electrons. The number of rotatable bonds is 6. The monoisotopic (exact) mass is 254 g/mol. The summed E-state index contributed by atoms with van der Waals surface area (Å²) in [5, 5.41) is 10.6. The summed E-state index contributed by atoms with van der Waals surface area (Å²) >= 11 is 1.78. The van der Waals surface area contributed by atoms with Gasteiger partial charge in [0.2, 0.25) is 0 Å². The first-order chi connectivity index (χ1) is 8.19. The highest BCUT2D eigenvalue weighted by atomic mass is 32.2. The van der Waals surface area contributed by atoms with Gasteiger partial charge in [0.05, 0.1) is 0 Å². The second-order valence-corrected chi connectivity index (χ2v) is 4.61. The van der Waals surface area contributed by atoms with Crippen molar-refractivity contribution >= 4 is 23.5 Å². The van der Waals surface area contributed by atoms with Crippen LogP contribution in [0.15, 0.2) is 12.1 Å².